The number of hydrogen-bond donors (Lipinski definition) is 0. The van der Waals surface area contributed by atoms with E-state index in [1.165, 1.54) is 6.07 Å². The van der Waals surface area contributed by atoms with Crippen molar-refractivity contribution in [2.45, 2.75) is 6.42 Å². The van der Waals surface area contributed by atoms with Crippen molar-refractivity contribution in [1.29, 1.82) is 5.26 Å². The zero-order valence-electron chi connectivity index (χ0n) is 14.5. The number of hydrogen-bond acceptors (Lipinski definition) is 2. The Morgan fingerprint density at radius 2 is 1.00 bits per heavy atom. The van der Waals surface area contributed by atoms with E-state index in [0.717, 1.165) is 0 Å². The average molecular weight is 450 g/mol. The van der Waals surface area contributed by atoms with Crippen LogP contribution in [0.1, 0.15) is 5.56 Å². The second kappa shape index (κ2) is 7.90. The molecular formula is C19H4F10N2. The molecule has 0 radical (unpaired) electrons. The molecule has 0 amide bonds. The molecule has 0 atom stereocenters. The van der Waals surface area contributed by atoms with Crippen LogP contribution >= 0.6 is 0 Å². The molecule has 0 aliphatic rings. The lowest BCUT2D eigenvalue weighted by Gasteiger charge is -2.13. The summed E-state index contributed by atoms with van der Waals surface area (Å²) in [7, 11) is 0. The van der Waals surface area contributed by atoms with Gasteiger partial charge in [-0.25, -0.2) is 43.9 Å². The Morgan fingerprint density at radius 3 is 1.42 bits per heavy atom. The number of nitriles is 1. The van der Waals surface area contributed by atoms with Crippen molar-refractivity contribution in [3.63, 3.8) is 0 Å². The normalized spacial score (nSPS) is 11.0. The molecule has 0 saturated carbocycles. The number of halogens is 10. The Hall–Kier alpha value is -3.62. The van der Waals surface area contributed by atoms with E-state index in [0.29, 0.717) is 12.3 Å². The summed E-state index contributed by atoms with van der Waals surface area (Å²) < 4.78 is 137. The summed E-state index contributed by atoms with van der Waals surface area (Å²) in [5.74, 6) is -23.2. The van der Waals surface area contributed by atoms with Crippen molar-refractivity contribution in [2.24, 2.45) is 0 Å². The molecule has 2 aromatic carbocycles. The zero-order chi connectivity index (χ0) is 23.2. The van der Waals surface area contributed by atoms with Crippen molar-refractivity contribution in [3.8, 4) is 28.5 Å². The third-order valence-electron chi connectivity index (χ3n) is 4.18. The third-order valence-corrected chi connectivity index (χ3v) is 4.18. The van der Waals surface area contributed by atoms with Crippen LogP contribution in [-0.2, 0) is 6.42 Å². The molecule has 3 rings (SSSR count). The van der Waals surface area contributed by atoms with E-state index in [9.17, 15) is 43.9 Å². The Balaban J connectivity index is 2.34. The quantitative estimate of drug-likeness (QED) is 0.284. The highest BCUT2D eigenvalue weighted by Gasteiger charge is 2.30. The van der Waals surface area contributed by atoms with Gasteiger partial charge in [0.25, 0.3) is 0 Å². The first-order valence-corrected chi connectivity index (χ1v) is 7.92. The first-order valence-electron chi connectivity index (χ1n) is 7.92. The maximum Gasteiger partial charge on any atom is 0.200 e. The van der Waals surface area contributed by atoms with Crippen LogP contribution in [0.4, 0.5) is 43.9 Å². The highest BCUT2D eigenvalue weighted by molar-refractivity contribution is 5.72. The second-order valence-corrected chi connectivity index (χ2v) is 5.96. The molecule has 31 heavy (non-hydrogen) atoms. The van der Waals surface area contributed by atoms with E-state index in [4.69, 9.17) is 5.26 Å². The van der Waals surface area contributed by atoms with Crippen LogP contribution < -0.4 is 0 Å². The van der Waals surface area contributed by atoms with Crippen molar-refractivity contribution >= 4 is 0 Å². The highest BCUT2D eigenvalue weighted by Crippen LogP contribution is 2.36. The second-order valence-electron chi connectivity index (χ2n) is 5.96. The minimum Gasteiger partial charge on any atom is -0.255 e. The van der Waals surface area contributed by atoms with Crippen molar-refractivity contribution in [3.05, 3.63) is 76.0 Å². The summed E-state index contributed by atoms with van der Waals surface area (Å²) >= 11 is 0. The van der Waals surface area contributed by atoms with Crippen LogP contribution in [0.3, 0.4) is 0 Å². The highest BCUT2D eigenvalue weighted by atomic mass is 19.2. The molecule has 3 aromatic rings. The number of rotatable bonds is 3. The van der Waals surface area contributed by atoms with Crippen LogP contribution in [0.15, 0.2) is 12.3 Å². The Labute approximate surface area is 166 Å². The van der Waals surface area contributed by atoms with Gasteiger partial charge in [0.15, 0.2) is 46.5 Å². The first-order chi connectivity index (χ1) is 14.5. The van der Waals surface area contributed by atoms with Gasteiger partial charge >= 0.3 is 0 Å². The summed E-state index contributed by atoms with van der Waals surface area (Å²) in [4.78, 5) is 3.38. The van der Waals surface area contributed by atoms with E-state index in [1.54, 1.807) is 0 Å². The molecular weight excluding hydrogens is 446 g/mol. The van der Waals surface area contributed by atoms with Gasteiger partial charge in [0.05, 0.1) is 29.3 Å². The van der Waals surface area contributed by atoms with Gasteiger partial charge in [-0.1, -0.05) is 0 Å². The van der Waals surface area contributed by atoms with Crippen molar-refractivity contribution < 1.29 is 43.9 Å². The molecule has 0 unspecified atom stereocenters. The lowest BCUT2D eigenvalue weighted by Crippen LogP contribution is -2.08. The summed E-state index contributed by atoms with van der Waals surface area (Å²) in [6.45, 7) is 0. The predicted molar refractivity (Wildman–Crippen MR) is 84.0 cm³/mol. The van der Waals surface area contributed by atoms with Gasteiger partial charge in [0.2, 0.25) is 11.6 Å². The smallest absolute Gasteiger partial charge is 0.200 e. The van der Waals surface area contributed by atoms with Gasteiger partial charge in [0.1, 0.15) is 0 Å². The fraction of sp³-hybridized carbons (Fsp3) is 0.0526. The van der Waals surface area contributed by atoms with Gasteiger partial charge < -0.3 is 0 Å². The maximum absolute atomic E-state index is 14.1. The molecule has 0 spiro atoms. The largest absolute Gasteiger partial charge is 0.255 e. The number of benzene rings is 2. The van der Waals surface area contributed by atoms with Crippen LogP contribution in [-0.4, -0.2) is 4.98 Å². The van der Waals surface area contributed by atoms with Gasteiger partial charge in [-0.15, -0.1) is 0 Å². The molecule has 0 aliphatic carbocycles. The van der Waals surface area contributed by atoms with E-state index < -0.39 is 92.5 Å². The van der Waals surface area contributed by atoms with Gasteiger partial charge in [0, 0.05) is 11.8 Å². The van der Waals surface area contributed by atoms with Gasteiger partial charge in [-0.05, 0) is 11.6 Å². The molecule has 12 heteroatoms. The molecule has 0 aliphatic heterocycles. The summed E-state index contributed by atoms with van der Waals surface area (Å²) in [6.07, 6.45) is -0.433. The number of aromatic nitrogens is 1. The Bertz CT molecular complexity index is 1220. The number of pyridine rings is 1. The third kappa shape index (κ3) is 3.35. The molecule has 1 aromatic heterocycles. The Kier molecular flexibility index (Phi) is 5.62. The lowest BCUT2D eigenvalue weighted by molar-refractivity contribution is 0.381. The predicted octanol–water partition coefficient (Wildman–Crippen LogP) is 5.87. The van der Waals surface area contributed by atoms with E-state index in [-0.39, 0.29) is 0 Å². The molecule has 1 heterocycles. The fourth-order valence-corrected chi connectivity index (χ4v) is 2.76. The van der Waals surface area contributed by atoms with Gasteiger partial charge in [-0.3, -0.25) is 4.98 Å². The van der Waals surface area contributed by atoms with E-state index in [2.05, 4.69) is 4.98 Å². The standard InChI is InChI=1S/C19H4F10N2/c20-9-7(10(21)14(25)17(28)13(9)24)6-3-5(1-2-30)19(31-4-6)8-11(22)15(26)18(29)16(27)12(8)23/h3-4H,1H2. The summed E-state index contributed by atoms with van der Waals surface area (Å²) in [5.41, 5.74) is -5.36. The SMILES string of the molecule is N#CCc1cc(-c2c(F)c(F)c(F)c(F)c2F)cnc1-c1c(F)c(F)c(F)c(F)c1F. The van der Waals surface area contributed by atoms with E-state index >= 15 is 0 Å². The van der Waals surface area contributed by atoms with Crippen LogP contribution in [0, 0.1) is 69.5 Å². The van der Waals surface area contributed by atoms with Crippen LogP contribution in [0.2, 0.25) is 0 Å². The Morgan fingerprint density at radius 1 is 0.613 bits per heavy atom. The van der Waals surface area contributed by atoms with Crippen molar-refractivity contribution in [2.75, 3.05) is 0 Å². The summed E-state index contributed by atoms with van der Waals surface area (Å²) in [5, 5.41) is 8.89. The maximum atomic E-state index is 14.1. The molecule has 160 valence electrons. The summed E-state index contributed by atoms with van der Waals surface area (Å²) in [6, 6.07) is 2.06. The minimum absolute atomic E-state index is 0.395. The minimum atomic E-state index is -2.46. The zero-order valence-corrected chi connectivity index (χ0v) is 14.5. The first kappa shape index (κ1) is 22.1. The molecule has 0 fully saturated rings. The topological polar surface area (TPSA) is 36.7 Å². The molecule has 2 nitrogen and oxygen atoms in total. The van der Waals surface area contributed by atoms with Crippen LogP contribution in [0.25, 0.3) is 22.4 Å². The van der Waals surface area contributed by atoms with Gasteiger partial charge in [-0.2, -0.15) is 5.26 Å². The van der Waals surface area contributed by atoms with Crippen LogP contribution in [0.5, 0.6) is 0 Å². The van der Waals surface area contributed by atoms with E-state index in [1.807, 2.05) is 0 Å². The molecule has 0 saturated heterocycles. The molecule has 0 bridgehead atoms. The monoisotopic (exact) mass is 450 g/mol. The fourth-order valence-electron chi connectivity index (χ4n) is 2.76. The molecule has 0 N–H and O–H groups in total. The average Bonchev–Trinajstić information content (AvgIpc) is 2.75. The lowest BCUT2D eigenvalue weighted by atomic mass is 9.97. The number of nitrogens with zero attached hydrogens (tertiary/aromatic N) is 2. The van der Waals surface area contributed by atoms with Crippen molar-refractivity contribution in [1.82, 2.24) is 4.98 Å².